The lowest BCUT2D eigenvalue weighted by Crippen LogP contribution is -2.17. The molecule has 0 saturated carbocycles. The van der Waals surface area contributed by atoms with Gasteiger partial charge in [0.05, 0.1) is 6.20 Å². The number of phenolic OH excluding ortho intramolecular Hbond substituents is 1. The van der Waals surface area contributed by atoms with Gasteiger partial charge in [-0.1, -0.05) is 47.6 Å². The van der Waals surface area contributed by atoms with Gasteiger partial charge in [-0.05, 0) is 29.0 Å². The zero-order valence-electron chi connectivity index (χ0n) is 14.2. The lowest BCUT2D eigenvalue weighted by atomic mass is 9.79. The van der Waals surface area contributed by atoms with Crippen molar-refractivity contribution < 1.29 is 9.84 Å². The molecule has 2 aromatic rings. The Morgan fingerprint density at radius 3 is 1.95 bits per heavy atom. The van der Waals surface area contributed by atoms with Crippen LogP contribution in [-0.4, -0.2) is 10.1 Å². The van der Waals surface area contributed by atoms with E-state index in [0.29, 0.717) is 17.4 Å². The highest BCUT2D eigenvalue weighted by atomic mass is 16.5. The average Bonchev–Trinajstić information content (AvgIpc) is 2.39. The fraction of sp³-hybridized carbons (Fsp3) is 0.421. The summed E-state index contributed by atoms with van der Waals surface area (Å²) in [4.78, 5) is 4.07. The number of pyridine rings is 1. The maximum atomic E-state index is 10.7. The molecule has 0 unspecified atom stereocenters. The first-order chi connectivity index (χ1) is 10.1. The van der Waals surface area contributed by atoms with E-state index in [1.54, 1.807) is 12.1 Å². The fourth-order valence-corrected chi connectivity index (χ4v) is 2.30. The van der Waals surface area contributed by atoms with E-state index in [0.717, 1.165) is 11.1 Å². The third-order valence-electron chi connectivity index (χ3n) is 3.51. The van der Waals surface area contributed by atoms with Crippen LogP contribution in [0.3, 0.4) is 0 Å². The monoisotopic (exact) mass is 298 g/mol. The zero-order valence-corrected chi connectivity index (χ0v) is 14.2. The molecule has 3 heteroatoms. The van der Waals surface area contributed by atoms with Crippen molar-refractivity contribution in [3.8, 4) is 17.4 Å². The molecule has 1 N–H and O–H groups in total. The lowest BCUT2D eigenvalue weighted by Gasteiger charge is -2.28. The van der Waals surface area contributed by atoms with Crippen molar-refractivity contribution in [3.63, 3.8) is 0 Å². The largest absolute Gasteiger partial charge is 0.507 e. The molecule has 0 aliphatic rings. The quantitative estimate of drug-likeness (QED) is 0.850. The predicted octanol–water partition coefficient (Wildman–Crippen LogP) is 4.97. The van der Waals surface area contributed by atoms with Gasteiger partial charge in [0.1, 0.15) is 11.5 Å². The Labute approximate surface area is 133 Å². The van der Waals surface area contributed by atoms with Crippen molar-refractivity contribution in [1.82, 2.24) is 4.98 Å². The highest BCUT2D eigenvalue weighted by Crippen LogP contribution is 2.42. The van der Waals surface area contributed by atoms with Crippen LogP contribution in [0.1, 0.15) is 52.7 Å². The Morgan fingerprint density at radius 1 is 1.00 bits per heavy atom. The molecule has 1 aromatic carbocycles. The highest BCUT2D eigenvalue weighted by Gasteiger charge is 2.27. The Hall–Kier alpha value is -2.03. The first-order valence-corrected chi connectivity index (χ1v) is 7.48. The molecular formula is C19H24NO2. The second-order valence-electron chi connectivity index (χ2n) is 7.57. The van der Waals surface area contributed by atoms with Crippen LogP contribution in [0.2, 0.25) is 0 Å². The summed E-state index contributed by atoms with van der Waals surface area (Å²) in [7, 11) is 0. The molecule has 0 fully saturated rings. The van der Waals surface area contributed by atoms with Crippen LogP contribution in [-0.2, 0) is 10.8 Å². The minimum atomic E-state index is -0.181. The summed E-state index contributed by atoms with van der Waals surface area (Å²) >= 11 is 0. The van der Waals surface area contributed by atoms with Crippen LogP contribution < -0.4 is 4.74 Å². The summed E-state index contributed by atoms with van der Waals surface area (Å²) in [5.41, 5.74) is 1.38. The predicted molar refractivity (Wildman–Crippen MR) is 88.7 cm³/mol. The molecule has 0 aliphatic heterocycles. The van der Waals surface area contributed by atoms with Crippen molar-refractivity contribution in [1.29, 1.82) is 0 Å². The van der Waals surface area contributed by atoms with Crippen molar-refractivity contribution in [2.45, 2.75) is 52.4 Å². The van der Waals surface area contributed by atoms with Gasteiger partial charge in [-0.2, -0.15) is 0 Å². The minimum absolute atomic E-state index is 0.181. The van der Waals surface area contributed by atoms with E-state index in [2.05, 4.69) is 52.7 Å². The van der Waals surface area contributed by atoms with E-state index in [4.69, 9.17) is 4.74 Å². The topological polar surface area (TPSA) is 42.4 Å². The van der Waals surface area contributed by atoms with E-state index in [9.17, 15) is 5.11 Å². The molecule has 0 spiro atoms. The number of phenols is 1. The van der Waals surface area contributed by atoms with Gasteiger partial charge in [-0.3, -0.25) is 0 Å². The van der Waals surface area contributed by atoms with Gasteiger partial charge in [0.15, 0.2) is 0 Å². The zero-order chi connectivity index (χ0) is 16.5. The summed E-state index contributed by atoms with van der Waals surface area (Å²) in [5, 5.41) is 10.7. The molecule has 0 saturated heterocycles. The van der Waals surface area contributed by atoms with E-state index in [-0.39, 0.29) is 10.8 Å². The summed E-state index contributed by atoms with van der Waals surface area (Å²) in [5.74, 6) is 1.52. The number of aromatic nitrogens is 1. The average molecular weight is 298 g/mol. The molecule has 1 aromatic heterocycles. The molecule has 0 atom stereocenters. The smallest absolute Gasteiger partial charge is 0.219 e. The molecule has 0 aliphatic carbocycles. The SMILES string of the molecule is CC(C)(C)c1cc(Oc2ccc[c]n2)cc(C(C)(C)C)c1O. The van der Waals surface area contributed by atoms with Crippen LogP contribution >= 0.6 is 0 Å². The van der Waals surface area contributed by atoms with Crippen LogP contribution in [0.5, 0.6) is 17.4 Å². The molecule has 117 valence electrons. The van der Waals surface area contributed by atoms with Gasteiger partial charge in [-0.15, -0.1) is 0 Å². The van der Waals surface area contributed by atoms with Crippen LogP contribution in [0, 0.1) is 6.20 Å². The summed E-state index contributed by atoms with van der Waals surface area (Å²) in [6, 6.07) is 9.12. The normalized spacial score (nSPS) is 12.3. The summed E-state index contributed by atoms with van der Waals surface area (Å²) in [6.45, 7) is 12.5. The number of rotatable bonds is 2. The van der Waals surface area contributed by atoms with Crippen molar-refractivity contribution in [2.75, 3.05) is 0 Å². The van der Waals surface area contributed by atoms with Gasteiger partial charge >= 0.3 is 0 Å². The Kier molecular flexibility index (Phi) is 4.19. The molecule has 3 nitrogen and oxygen atoms in total. The number of hydrogen-bond donors (Lipinski definition) is 1. The summed E-state index contributed by atoms with van der Waals surface area (Å²) < 4.78 is 5.85. The van der Waals surface area contributed by atoms with Crippen molar-refractivity contribution >= 4 is 0 Å². The standard InChI is InChI=1S/C19H24NO2/c1-18(2,3)14-11-13(22-16-9-7-8-10-20-16)12-15(17(14)21)19(4,5)6/h7-9,11-12,21H,1-6H3. The van der Waals surface area contributed by atoms with E-state index in [1.165, 1.54) is 0 Å². The fourth-order valence-electron chi connectivity index (χ4n) is 2.30. The van der Waals surface area contributed by atoms with Crippen molar-refractivity contribution in [2.24, 2.45) is 0 Å². The van der Waals surface area contributed by atoms with Gasteiger partial charge in [-0.25, -0.2) is 4.98 Å². The second-order valence-corrected chi connectivity index (χ2v) is 7.57. The molecule has 1 radical (unpaired) electrons. The van der Waals surface area contributed by atoms with Gasteiger partial charge in [0.2, 0.25) is 5.88 Å². The van der Waals surface area contributed by atoms with E-state index < -0.39 is 0 Å². The first-order valence-electron chi connectivity index (χ1n) is 7.48. The Balaban J connectivity index is 2.56. The lowest BCUT2D eigenvalue weighted by molar-refractivity contribution is 0.412. The molecule has 22 heavy (non-hydrogen) atoms. The minimum Gasteiger partial charge on any atom is -0.507 e. The third-order valence-corrected chi connectivity index (χ3v) is 3.51. The summed E-state index contributed by atoms with van der Waals surface area (Å²) in [6.07, 6.45) is 2.76. The Bertz CT molecular complexity index is 614. The van der Waals surface area contributed by atoms with Gasteiger partial charge < -0.3 is 9.84 Å². The first kappa shape index (κ1) is 16.3. The van der Waals surface area contributed by atoms with E-state index >= 15 is 0 Å². The van der Waals surface area contributed by atoms with Crippen LogP contribution in [0.25, 0.3) is 0 Å². The van der Waals surface area contributed by atoms with E-state index in [1.807, 2.05) is 18.2 Å². The molecule has 0 amide bonds. The maximum Gasteiger partial charge on any atom is 0.219 e. The Morgan fingerprint density at radius 2 is 1.55 bits per heavy atom. The maximum absolute atomic E-state index is 10.7. The molecule has 2 rings (SSSR count). The number of aromatic hydroxyl groups is 1. The molecule has 1 heterocycles. The molecule has 0 bridgehead atoms. The van der Waals surface area contributed by atoms with Crippen LogP contribution in [0.4, 0.5) is 0 Å². The number of hydrogen-bond acceptors (Lipinski definition) is 3. The third kappa shape index (κ3) is 3.59. The number of nitrogens with zero attached hydrogens (tertiary/aromatic N) is 1. The second kappa shape index (κ2) is 5.64. The number of ether oxygens (including phenoxy) is 1. The number of benzene rings is 1. The van der Waals surface area contributed by atoms with Crippen molar-refractivity contribution in [3.05, 3.63) is 47.7 Å². The molecular weight excluding hydrogens is 274 g/mol. The highest BCUT2D eigenvalue weighted by molar-refractivity contribution is 5.52. The van der Waals surface area contributed by atoms with Gasteiger partial charge in [0.25, 0.3) is 0 Å². The van der Waals surface area contributed by atoms with Crippen LogP contribution in [0.15, 0.2) is 30.3 Å². The van der Waals surface area contributed by atoms with Gasteiger partial charge in [0, 0.05) is 17.2 Å².